The molecule has 0 aromatic heterocycles. The summed E-state index contributed by atoms with van der Waals surface area (Å²) in [6.45, 7) is 5.18. The third-order valence-electron chi connectivity index (χ3n) is 6.70. The highest BCUT2D eigenvalue weighted by Crippen LogP contribution is 2.50. The molecular formula is C32H24Cl2O2. The average molecular weight is 511 g/mol. The lowest BCUT2D eigenvalue weighted by Crippen LogP contribution is -1.98. The van der Waals surface area contributed by atoms with Crippen LogP contribution in [0, 0.1) is 0 Å². The number of benzene rings is 6. The highest BCUT2D eigenvalue weighted by atomic mass is 35.5. The van der Waals surface area contributed by atoms with E-state index in [9.17, 15) is 0 Å². The van der Waals surface area contributed by atoms with Crippen LogP contribution < -0.4 is 9.47 Å². The van der Waals surface area contributed by atoms with E-state index >= 15 is 0 Å². The lowest BCUT2D eigenvalue weighted by atomic mass is 9.85. The van der Waals surface area contributed by atoms with E-state index in [4.69, 9.17) is 32.7 Å². The van der Waals surface area contributed by atoms with E-state index in [1.807, 2.05) is 38.1 Å². The van der Waals surface area contributed by atoms with Crippen molar-refractivity contribution in [3.05, 3.63) is 95.0 Å². The van der Waals surface area contributed by atoms with E-state index in [-0.39, 0.29) is 0 Å². The molecule has 178 valence electrons. The molecule has 0 spiro atoms. The molecule has 0 unspecified atom stereocenters. The van der Waals surface area contributed by atoms with Gasteiger partial charge in [0.15, 0.2) is 0 Å². The Hall–Kier alpha value is -3.46. The Morgan fingerprint density at radius 3 is 1.22 bits per heavy atom. The van der Waals surface area contributed by atoms with Crippen molar-refractivity contribution in [3.63, 3.8) is 0 Å². The Morgan fingerprint density at radius 1 is 0.472 bits per heavy atom. The molecule has 0 N–H and O–H groups in total. The van der Waals surface area contributed by atoms with Gasteiger partial charge in [-0.2, -0.15) is 0 Å². The molecule has 36 heavy (non-hydrogen) atoms. The van der Waals surface area contributed by atoms with Crippen molar-refractivity contribution < 1.29 is 9.47 Å². The maximum Gasteiger partial charge on any atom is 0.134 e. The van der Waals surface area contributed by atoms with Gasteiger partial charge >= 0.3 is 0 Å². The monoisotopic (exact) mass is 510 g/mol. The number of halogens is 2. The maximum atomic E-state index is 6.60. The molecule has 0 fully saturated rings. The van der Waals surface area contributed by atoms with Gasteiger partial charge < -0.3 is 9.47 Å². The summed E-state index contributed by atoms with van der Waals surface area (Å²) < 4.78 is 12.4. The summed E-state index contributed by atoms with van der Waals surface area (Å²) in [7, 11) is 0. The fraction of sp³-hybridized carbons (Fsp3) is 0.125. The summed E-state index contributed by atoms with van der Waals surface area (Å²) in [5.74, 6) is 1.75. The van der Waals surface area contributed by atoms with Gasteiger partial charge in [-0.3, -0.25) is 0 Å². The van der Waals surface area contributed by atoms with Crippen molar-refractivity contribution in [3.8, 4) is 22.6 Å². The van der Waals surface area contributed by atoms with Gasteiger partial charge in [-0.1, -0.05) is 71.7 Å². The van der Waals surface area contributed by atoms with E-state index in [2.05, 4.69) is 60.7 Å². The predicted molar refractivity (Wildman–Crippen MR) is 154 cm³/mol. The SMILES string of the molecule is CCOc1c2ccccc2c(-c2c3ccccc3c(OCC)c3ccc(Cl)cc23)c2cc(Cl)ccc12. The molecule has 2 nitrogen and oxygen atoms in total. The zero-order valence-corrected chi connectivity index (χ0v) is 21.6. The van der Waals surface area contributed by atoms with Crippen molar-refractivity contribution in [2.24, 2.45) is 0 Å². The van der Waals surface area contributed by atoms with E-state index in [1.54, 1.807) is 0 Å². The van der Waals surface area contributed by atoms with Gasteiger partial charge in [0.2, 0.25) is 0 Å². The molecule has 0 saturated heterocycles. The van der Waals surface area contributed by atoms with Crippen LogP contribution in [0.25, 0.3) is 54.2 Å². The molecule has 0 aliphatic carbocycles. The fourth-order valence-electron chi connectivity index (χ4n) is 5.36. The van der Waals surface area contributed by atoms with Crippen LogP contribution in [-0.2, 0) is 0 Å². The molecule has 0 saturated carbocycles. The number of rotatable bonds is 5. The average Bonchev–Trinajstić information content (AvgIpc) is 2.89. The van der Waals surface area contributed by atoms with Crippen LogP contribution in [0.4, 0.5) is 0 Å². The summed E-state index contributed by atoms with van der Waals surface area (Å²) in [5.41, 5.74) is 2.22. The minimum absolute atomic E-state index is 0.575. The van der Waals surface area contributed by atoms with Gasteiger partial charge in [0.1, 0.15) is 11.5 Å². The van der Waals surface area contributed by atoms with Crippen molar-refractivity contribution in [1.29, 1.82) is 0 Å². The van der Waals surface area contributed by atoms with Crippen LogP contribution in [0.5, 0.6) is 11.5 Å². The molecule has 4 heteroatoms. The summed E-state index contributed by atoms with van der Waals surface area (Å²) in [6, 6.07) is 28.9. The third kappa shape index (κ3) is 3.56. The molecule has 0 atom stereocenters. The first-order valence-corrected chi connectivity index (χ1v) is 12.9. The molecule has 0 aliphatic rings. The largest absolute Gasteiger partial charge is 0.493 e. The van der Waals surface area contributed by atoms with Crippen LogP contribution in [0.2, 0.25) is 10.0 Å². The van der Waals surface area contributed by atoms with Crippen LogP contribution in [0.15, 0.2) is 84.9 Å². The molecule has 6 rings (SSSR count). The fourth-order valence-corrected chi connectivity index (χ4v) is 5.70. The summed E-state index contributed by atoms with van der Waals surface area (Å²) in [4.78, 5) is 0. The topological polar surface area (TPSA) is 18.5 Å². The Bertz CT molecular complexity index is 1660. The Balaban J connectivity index is 1.92. The van der Waals surface area contributed by atoms with Gasteiger partial charge in [-0.15, -0.1) is 0 Å². The zero-order chi connectivity index (χ0) is 24.8. The lowest BCUT2D eigenvalue weighted by Gasteiger charge is -2.21. The van der Waals surface area contributed by atoms with Crippen LogP contribution in [0.3, 0.4) is 0 Å². The zero-order valence-electron chi connectivity index (χ0n) is 20.1. The van der Waals surface area contributed by atoms with E-state index in [1.165, 1.54) is 0 Å². The van der Waals surface area contributed by atoms with Crippen molar-refractivity contribution >= 4 is 66.3 Å². The highest BCUT2D eigenvalue weighted by molar-refractivity contribution is 6.34. The van der Waals surface area contributed by atoms with Gasteiger partial charge in [0, 0.05) is 31.6 Å². The number of ether oxygens (including phenoxy) is 2. The molecule has 6 aromatic rings. The van der Waals surface area contributed by atoms with Crippen LogP contribution >= 0.6 is 23.2 Å². The second-order valence-corrected chi connectivity index (χ2v) is 9.62. The minimum atomic E-state index is 0.575. The van der Waals surface area contributed by atoms with E-state index < -0.39 is 0 Å². The smallest absolute Gasteiger partial charge is 0.134 e. The predicted octanol–water partition coefficient (Wildman–Crippen LogP) is 10.1. The first-order valence-electron chi connectivity index (χ1n) is 12.2. The van der Waals surface area contributed by atoms with E-state index in [0.29, 0.717) is 23.3 Å². The normalized spacial score (nSPS) is 11.6. The second kappa shape index (κ2) is 9.20. The van der Waals surface area contributed by atoms with Gasteiger partial charge in [0.25, 0.3) is 0 Å². The Morgan fingerprint density at radius 2 is 0.833 bits per heavy atom. The molecule has 0 radical (unpaired) electrons. The van der Waals surface area contributed by atoms with Crippen molar-refractivity contribution in [2.45, 2.75) is 13.8 Å². The first kappa shape index (κ1) is 23.0. The molecule has 0 aliphatic heterocycles. The lowest BCUT2D eigenvalue weighted by molar-refractivity contribution is 0.348. The van der Waals surface area contributed by atoms with E-state index in [0.717, 1.165) is 65.7 Å². The molecular weight excluding hydrogens is 487 g/mol. The van der Waals surface area contributed by atoms with Crippen LogP contribution in [0.1, 0.15) is 13.8 Å². The quantitative estimate of drug-likeness (QED) is 0.214. The Kier molecular flexibility index (Phi) is 5.87. The van der Waals surface area contributed by atoms with Gasteiger partial charge in [-0.05, 0) is 82.9 Å². The molecule has 0 amide bonds. The number of hydrogen-bond donors (Lipinski definition) is 0. The molecule has 0 heterocycles. The van der Waals surface area contributed by atoms with Crippen molar-refractivity contribution in [2.75, 3.05) is 13.2 Å². The van der Waals surface area contributed by atoms with Crippen molar-refractivity contribution in [1.82, 2.24) is 0 Å². The first-order chi connectivity index (χ1) is 17.6. The minimum Gasteiger partial charge on any atom is -0.493 e. The molecule has 6 aromatic carbocycles. The Labute approximate surface area is 220 Å². The van der Waals surface area contributed by atoms with Gasteiger partial charge in [0.05, 0.1) is 13.2 Å². The number of fused-ring (bicyclic) bond motifs is 4. The van der Waals surface area contributed by atoms with Crippen LogP contribution in [-0.4, -0.2) is 13.2 Å². The third-order valence-corrected chi connectivity index (χ3v) is 7.17. The molecule has 0 bridgehead atoms. The summed E-state index contributed by atoms with van der Waals surface area (Å²) in [6.07, 6.45) is 0. The van der Waals surface area contributed by atoms with Gasteiger partial charge in [-0.25, -0.2) is 0 Å². The summed E-state index contributed by atoms with van der Waals surface area (Å²) >= 11 is 13.2. The summed E-state index contributed by atoms with van der Waals surface area (Å²) in [5, 5.41) is 9.84. The highest BCUT2D eigenvalue weighted by Gasteiger charge is 2.22. The number of hydrogen-bond acceptors (Lipinski definition) is 2. The second-order valence-electron chi connectivity index (χ2n) is 8.75. The maximum absolute atomic E-state index is 6.60. The standard InChI is InChI=1S/C32H24Cl2O2/c1-3-35-31-23-11-7-5-9-21(23)29(27-17-19(33)13-15-25(27)31)30-22-10-6-8-12-24(22)32(36-4-2)26-16-14-20(34)18-28(26)30/h5-18H,3-4H2,1-2H3.